The molecular formula is C30H42N4O5. The Hall–Kier alpha value is -3.75. The van der Waals surface area contributed by atoms with Crippen molar-refractivity contribution in [3.8, 4) is 11.5 Å². The van der Waals surface area contributed by atoms with E-state index in [4.69, 9.17) is 9.47 Å². The van der Waals surface area contributed by atoms with Gasteiger partial charge < -0.3 is 29.9 Å². The second-order valence-electron chi connectivity index (χ2n) is 10.1. The van der Waals surface area contributed by atoms with Crippen LogP contribution in [0.25, 0.3) is 0 Å². The zero-order valence-electron chi connectivity index (χ0n) is 23.6. The van der Waals surface area contributed by atoms with Crippen molar-refractivity contribution in [3.63, 3.8) is 0 Å². The highest BCUT2D eigenvalue weighted by atomic mass is 16.5. The number of piperazine rings is 1. The van der Waals surface area contributed by atoms with E-state index in [1.54, 1.807) is 38.2 Å². The lowest BCUT2D eigenvalue weighted by molar-refractivity contribution is -0.150. The smallest absolute Gasteiger partial charge is 0.247 e. The summed E-state index contributed by atoms with van der Waals surface area (Å²) in [7, 11) is 3.11. The van der Waals surface area contributed by atoms with Crippen LogP contribution in [0.3, 0.4) is 0 Å². The Kier molecular flexibility index (Phi) is 11.0. The fourth-order valence-corrected chi connectivity index (χ4v) is 4.91. The van der Waals surface area contributed by atoms with Crippen molar-refractivity contribution in [3.05, 3.63) is 59.3 Å². The molecular weight excluding hydrogens is 496 g/mol. The maximum Gasteiger partial charge on any atom is 0.247 e. The molecule has 2 aliphatic heterocycles. The first-order valence-electron chi connectivity index (χ1n) is 13.5. The number of methoxy groups -OCH3 is 2. The lowest BCUT2D eigenvalue weighted by atomic mass is 9.94. The molecule has 1 aromatic rings. The zero-order valence-corrected chi connectivity index (χ0v) is 23.6. The first-order chi connectivity index (χ1) is 18.8. The Balaban J connectivity index is 1.64. The van der Waals surface area contributed by atoms with Crippen LogP contribution in [0.1, 0.15) is 45.1 Å². The van der Waals surface area contributed by atoms with Gasteiger partial charge >= 0.3 is 0 Å². The molecule has 3 rings (SSSR count). The number of ether oxygens (including phenoxy) is 2. The van der Waals surface area contributed by atoms with Crippen LogP contribution >= 0.6 is 0 Å². The third-order valence-electron chi connectivity index (χ3n) is 7.44. The highest BCUT2D eigenvalue weighted by Gasteiger charge is 2.44. The van der Waals surface area contributed by atoms with Gasteiger partial charge in [-0.25, -0.2) is 0 Å². The number of hydrogen-bond acceptors (Lipinski definition) is 6. The molecule has 0 aromatic heterocycles. The van der Waals surface area contributed by atoms with Gasteiger partial charge in [0.05, 0.1) is 27.2 Å². The minimum atomic E-state index is -1.16. The van der Waals surface area contributed by atoms with E-state index in [9.17, 15) is 14.4 Å². The van der Waals surface area contributed by atoms with E-state index >= 15 is 0 Å². The Labute approximate surface area is 231 Å². The Bertz CT molecular complexity index is 1110. The van der Waals surface area contributed by atoms with E-state index in [0.717, 1.165) is 37.1 Å². The monoisotopic (exact) mass is 538 g/mol. The number of amides is 3. The molecule has 0 saturated carbocycles. The van der Waals surface area contributed by atoms with Gasteiger partial charge in [0, 0.05) is 31.9 Å². The summed E-state index contributed by atoms with van der Waals surface area (Å²) in [6.45, 7) is 5.79. The SMILES string of the molecule is COc1ccc(CC(=O)N2CCN(C=O)C(C)(C(=O)NCC/C3=C(\C)NC/C=C\CC/C=C\C3)C2)cc1OC. The van der Waals surface area contributed by atoms with E-state index < -0.39 is 5.54 Å². The van der Waals surface area contributed by atoms with Crippen molar-refractivity contribution in [1.29, 1.82) is 0 Å². The molecule has 1 atom stereocenters. The predicted molar refractivity (Wildman–Crippen MR) is 151 cm³/mol. The van der Waals surface area contributed by atoms with Gasteiger partial charge in [-0.2, -0.15) is 0 Å². The van der Waals surface area contributed by atoms with Crippen LogP contribution in [0.2, 0.25) is 0 Å². The third kappa shape index (κ3) is 7.88. The van der Waals surface area contributed by atoms with Gasteiger partial charge in [-0.1, -0.05) is 30.4 Å². The molecule has 39 heavy (non-hydrogen) atoms. The first kappa shape index (κ1) is 29.8. The summed E-state index contributed by atoms with van der Waals surface area (Å²) < 4.78 is 10.6. The van der Waals surface area contributed by atoms with Gasteiger partial charge in [0.25, 0.3) is 0 Å². The molecule has 1 aromatic carbocycles. The molecule has 2 aliphatic rings. The Morgan fingerprint density at radius 1 is 1.08 bits per heavy atom. The van der Waals surface area contributed by atoms with Crippen LogP contribution in [-0.2, 0) is 20.8 Å². The first-order valence-corrected chi connectivity index (χ1v) is 13.5. The number of hydrogen-bond donors (Lipinski definition) is 2. The van der Waals surface area contributed by atoms with E-state index in [0.29, 0.717) is 37.4 Å². The fourth-order valence-electron chi connectivity index (χ4n) is 4.91. The summed E-state index contributed by atoms with van der Waals surface area (Å²) >= 11 is 0. The molecule has 0 aliphatic carbocycles. The van der Waals surface area contributed by atoms with Crippen LogP contribution in [0, 0.1) is 0 Å². The second-order valence-corrected chi connectivity index (χ2v) is 10.1. The molecule has 0 spiro atoms. The third-order valence-corrected chi connectivity index (χ3v) is 7.44. The minimum absolute atomic E-state index is 0.114. The van der Waals surface area contributed by atoms with Crippen LogP contribution in [-0.4, -0.2) is 80.5 Å². The number of carbonyl (C=O) groups excluding carboxylic acids is 3. The van der Waals surface area contributed by atoms with E-state index in [1.807, 2.05) is 6.07 Å². The number of allylic oxidation sites excluding steroid dienone is 4. The lowest BCUT2D eigenvalue weighted by Crippen LogP contribution is -2.67. The van der Waals surface area contributed by atoms with Crippen molar-refractivity contribution in [2.75, 3.05) is 46.9 Å². The van der Waals surface area contributed by atoms with Gasteiger partial charge in [0.15, 0.2) is 11.5 Å². The molecule has 0 bridgehead atoms. The lowest BCUT2D eigenvalue weighted by Gasteiger charge is -2.46. The minimum Gasteiger partial charge on any atom is -0.493 e. The average Bonchev–Trinajstić information content (AvgIpc) is 2.98. The predicted octanol–water partition coefficient (Wildman–Crippen LogP) is 2.97. The summed E-state index contributed by atoms with van der Waals surface area (Å²) in [5.41, 5.74) is 1.97. The van der Waals surface area contributed by atoms with Gasteiger partial charge in [-0.15, -0.1) is 0 Å². The molecule has 1 saturated heterocycles. The van der Waals surface area contributed by atoms with Gasteiger partial charge in [-0.05, 0) is 62.8 Å². The molecule has 1 unspecified atom stereocenters. The number of benzene rings is 1. The van der Waals surface area contributed by atoms with Crippen LogP contribution < -0.4 is 20.1 Å². The van der Waals surface area contributed by atoms with E-state index in [2.05, 4.69) is 41.9 Å². The zero-order chi connectivity index (χ0) is 28.3. The largest absolute Gasteiger partial charge is 0.493 e. The summed E-state index contributed by atoms with van der Waals surface area (Å²) in [6, 6.07) is 5.37. The standard InChI is InChI=1S/C30H42N4O5/c1-23-25(11-9-7-5-6-8-10-15-31-23)14-16-32-29(37)30(2)21-33(17-18-34(30)22-35)28(36)20-24-12-13-26(38-3)27(19-24)39-4/h7-10,12-13,19,22,31H,5-6,11,14-18,20-21H2,1-4H3,(H,32,37)/b9-7-,10-8-,25-23+. The van der Waals surface area contributed by atoms with Crippen molar-refractivity contribution < 1.29 is 23.9 Å². The van der Waals surface area contributed by atoms with E-state index in [-0.39, 0.29) is 31.3 Å². The Morgan fingerprint density at radius 2 is 1.82 bits per heavy atom. The maximum atomic E-state index is 13.4. The Morgan fingerprint density at radius 3 is 2.54 bits per heavy atom. The van der Waals surface area contributed by atoms with Crippen molar-refractivity contribution in [1.82, 2.24) is 20.4 Å². The number of carbonyl (C=O) groups is 3. The van der Waals surface area contributed by atoms with Crippen molar-refractivity contribution in [2.24, 2.45) is 0 Å². The van der Waals surface area contributed by atoms with Gasteiger partial charge in [-0.3, -0.25) is 14.4 Å². The van der Waals surface area contributed by atoms with Gasteiger partial charge in [0.1, 0.15) is 5.54 Å². The molecule has 3 amide bonds. The number of nitrogens with zero attached hydrogens (tertiary/aromatic N) is 2. The van der Waals surface area contributed by atoms with Crippen LogP contribution in [0.5, 0.6) is 11.5 Å². The quantitative estimate of drug-likeness (QED) is 0.371. The highest BCUT2D eigenvalue weighted by Crippen LogP contribution is 2.28. The summed E-state index contributed by atoms with van der Waals surface area (Å²) in [6.07, 6.45) is 13.1. The van der Waals surface area contributed by atoms with E-state index in [1.165, 1.54) is 10.5 Å². The number of rotatable bonds is 9. The maximum absolute atomic E-state index is 13.4. The molecule has 1 fully saturated rings. The van der Waals surface area contributed by atoms with Crippen LogP contribution in [0.4, 0.5) is 0 Å². The summed E-state index contributed by atoms with van der Waals surface area (Å²) in [4.78, 5) is 41.7. The van der Waals surface area contributed by atoms with Crippen molar-refractivity contribution >= 4 is 18.2 Å². The fraction of sp³-hybridized carbons (Fsp3) is 0.500. The van der Waals surface area contributed by atoms with Crippen LogP contribution in [0.15, 0.2) is 53.8 Å². The van der Waals surface area contributed by atoms with Crippen molar-refractivity contribution in [2.45, 2.75) is 51.5 Å². The molecule has 0 radical (unpaired) electrons. The van der Waals surface area contributed by atoms with Gasteiger partial charge in [0.2, 0.25) is 18.2 Å². The molecule has 2 heterocycles. The second kappa shape index (κ2) is 14.4. The topological polar surface area (TPSA) is 100 Å². The summed E-state index contributed by atoms with van der Waals surface area (Å²) in [5, 5.41) is 6.47. The molecule has 9 heteroatoms. The average molecular weight is 539 g/mol. The normalized spacial score (nSPS) is 23.6. The summed E-state index contributed by atoms with van der Waals surface area (Å²) in [5.74, 6) is 0.765. The molecule has 9 nitrogen and oxygen atoms in total. The molecule has 2 N–H and O–H groups in total. The number of nitrogens with one attached hydrogen (secondary N) is 2. The molecule has 212 valence electrons. The highest BCUT2D eigenvalue weighted by molar-refractivity contribution is 5.89.